The van der Waals surface area contributed by atoms with E-state index in [1.54, 1.807) is 6.92 Å². The van der Waals surface area contributed by atoms with E-state index in [9.17, 15) is 0 Å². The van der Waals surface area contributed by atoms with E-state index in [1.807, 2.05) is 0 Å². The van der Waals surface area contributed by atoms with Crippen molar-refractivity contribution in [3.8, 4) is 0 Å². The van der Waals surface area contributed by atoms with Gasteiger partial charge in [0, 0.05) is 0 Å². The predicted octanol–water partition coefficient (Wildman–Crippen LogP) is -1.55. The van der Waals surface area contributed by atoms with E-state index >= 15 is 0 Å². The Kier molecular flexibility index (Phi) is 1.72. The molecule has 0 radical (unpaired) electrons. The van der Waals surface area contributed by atoms with Gasteiger partial charge in [0.05, 0.1) is 6.10 Å². The maximum absolute atomic E-state index is 8.90. The third-order valence-electron chi connectivity index (χ3n) is 1.48. The smallest absolute Gasteiger partial charge is 0.183 e. The molecule has 0 aliphatic carbocycles. The van der Waals surface area contributed by atoms with Crippen molar-refractivity contribution in [3.05, 3.63) is 0 Å². The molecular weight excluding hydrogens is 124 g/mol. The van der Waals surface area contributed by atoms with Gasteiger partial charge in [-0.25, -0.2) is 0 Å². The molecule has 3 N–H and O–H groups in total. The predicted molar refractivity (Wildman–Crippen MR) is 28.6 cm³/mol. The van der Waals surface area contributed by atoms with Gasteiger partial charge in [-0.15, -0.1) is 0 Å². The Morgan fingerprint density at radius 1 is 1.11 bits per heavy atom. The molecule has 0 aromatic carbocycles. The number of hydrogen-bond acceptors (Lipinski definition) is 4. The SMILES string of the molecule is C[C@@H]1O[C@@H](O)[C@H](O)[C@@H]1O. The van der Waals surface area contributed by atoms with Crippen molar-refractivity contribution in [2.75, 3.05) is 0 Å². The molecule has 0 unspecified atom stereocenters. The van der Waals surface area contributed by atoms with Crippen LogP contribution in [0.5, 0.6) is 0 Å². The number of rotatable bonds is 0. The largest absolute Gasteiger partial charge is 0.388 e. The molecule has 1 aliphatic heterocycles. The van der Waals surface area contributed by atoms with E-state index in [0.29, 0.717) is 0 Å². The number of aliphatic hydroxyl groups excluding tert-OH is 3. The van der Waals surface area contributed by atoms with Crippen molar-refractivity contribution in [2.24, 2.45) is 0 Å². The van der Waals surface area contributed by atoms with Crippen LogP contribution < -0.4 is 0 Å². The summed E-state index contributed by atoms with van der Waals surface area (Å²) in [5.74, 6) is 0. The summed E-state index contributed by atoms with van der Waals surface area (Å²) in [4.78, 5) is 0. The lowest BCUT2D eigenvalue weighted by atomic mass is 10.2. The highest BCUT2D eigenvalue weighted by molar-refractivity contribution is 4.82. The Balaban J connectivity index is 2.54. The first kappa shape index (κ1) is 6.95. The van der Waals surface area contributed by atoms with Crippen LogP contribution in [-0.2, 0) is 4.74 Å². The lowest BCUT2D eigenvalue weighted by molar-refractivity contribution is -0.124. The fourth-order valence-electron chi connectivity index (χ4n) is 0.827. The molecule has 1 aliphatic rings. The molecule has 1 heterocycles. The van der Waals surface area contributed by atoms with Gasteiger partial charge in [-0.3, -0.25) is 0 Å². The minimum absolute atomic E-state index is 0.477. The molecule has 4 atom stereocenters. The van der Waals surface area contributed by atoms with E-state index in [0.717, 1.165) is 0 Å². The Morgan fingerprint density at radius 3 is 1.78 bits per heavy atom. The minimum atomic E-state index is -1.23. The van der Waals surface area contributed by atoms with E-state index in [1.165, 1.54) is 0 Å². The highest BCUT2D eigenvalue weighted by Gasteiger charge is 2.38. The van der Waals surface area contributed by atoms with Gasteiger partial charge in [-0.1, -0.05) is 0 Å². The van der Waals surface area contributed by atoms with Crippen LogP contribution in [0.15, 0.2) is 0 Å². The fraction of sp³-hybridized carbons (Fsp3) is 1.00. The Hall–Kier alpha value is -0.160. The summed E-state index contributed by atoms with van der Waals surface area (Å²) in [5, 5.41) is 26.4. The Labute approximate surface area is 52.7 Å². The highest BCUT2D eigenvalue weighted by Crippen LogP contribution is 2.18. The van der Waals surface area contributed by atoms with Crippen LogP contribution in [0.4, 0.5) is 0 Å². The molecule has 0 amide bonds. The second kappa shape index (κ2) is 2.22. The Morgan fingerprint density at radius 2 is 1.67 bits per heavy atom. The monoisotopic (exact) mass is 134 g/mol. The van der Waals surface area contributed by atoms with Crippen LogP contribution in [0, 0.1) is 0 Å². The summed E-state index contributed by atoms with van der Waals surface area (Å²) in [5.41, 5.74) is 0. The maximum Gasteiger partial charge on any atom is 0.183 e. The molecule has 54 valence electrons. The van der Waals surface area contributed by atoms with Crippen molar-refractivity contribution >= 4 is 0 Å². The molecular formula is C5H10O4. The van der Waals surface area contributed by atoms with E-state index in [2.05, 4.69) is 4.74 Å². The van der Waals surface area contributed by atoms with Crippen molar-refractivity contribution in [1.82, 2.24) is 0 Å². The molecule has 1 rings (SSSR count). The summed E-state index contributed by atoms with van der Waals surface area (Å²) in [7, 11) is 0. The molecule has 4 heteroatoms. The fourth-order valence-corrected chi connectivity index (χ4v) is 0.827. The number of aliphatic hydroxyl groups is 3. The van der Waals surface area contributed by atoms with Crippen LogP contribution in [0.3, 0.4) is 0 Å². The topological polar surface area (TPSA) is 69.9 Å². The lowest BCUT2D eigenvalue weighted by Crippen LogP contribution is -2.31. The van der Waals surface area contributed by atoms with Gasteiger partial charge in [0.1, 0.15) is 12.2 Å². The van der Waals surface area contributed by atoms with Gasteiger partial charge >= 0.3 is 0 Å². The van der Waals surface area contributed by atoms with Crippen molar-refractivity contribution in [3.63, 3.8) is 0 Å². The Bertz CT molecular complexity index is 93.1. The maximum atomic E-state index is 8.90. The first-order chi connectivity index (χ1) is 4.13. The van der Waals surface area contributed by atoms with Crippen molar-refractivity contribution in [1.29, 1.82) is 0 Å². The first-order valence-electron chi connectivity index (χ1n) is 2.82. The molecule has 0 aromatic rings. The summed E-state index contributed by atoms with van der Waals surface area (Å²) in [6, 6.07) is 0. The van der Waals surface area contributed by atoms with E-state index < -0.39 is 24.6 Å². The van der Waals surface area contributed by atoms with Crippen molar-refractivity contribution < 1.29 is 20.1 Å². The zero-order chi connectivity index (χ0) is 7.02. The number of hydrogen-bond donors (Lipinski definition) is 3. The standard InChI is InChI=1S/C5H10O4/c1-2-3(6)4(7)5(8)9-2/h2-8H,1H3/t2-,3+,4+,5+/m0/s1. The molecule has 9 heavy (non-hydrogen) atoms. The van der Waals surface area contributed by atoms with Crippen LogP contribution in [0.25, 0.3) is 0 Å². The van der Waals surface area contributed by atoms with Crippen LogP contribution in [0.1, 0.15) is 6.92 Å². The molecule has 1 saturated heterocycles. The van der Waals surface area contributed by atoms with Gasteiger partial charge in [-0.2, -0.15) is 0 Å². The quantitative estimate of drug-likeness (QED) is 0.375. The third kappa shape index (κ3) is 1.07. The summed E-state index contributed by atoms with van der Waals surface area (Å²) in [6.07, 6.45) is -3.81. The molecule has 0 bridgehead atoms. The second-order valence-electron chi connectivity index (χ2n) is 2.21. The van der Waals surface area contributed by atoms with E-state index in [4.69, 9.17) is 15.3 Å². The third-order valence-corrected chi connectivity index (χ3v) is 1.48. The van der Waals surface area contributed by atoms with Gasteiger partial charge in [0.25, 0.3) is 0 Å². The van der Waals surface area contributed by atoms with Crippen LogP contribution >= 0.6 is 0 Å². The molecule has 0 spiro atoms. The van der Waals surface area contributed by atoms with Gasteiger partial charge in [0.2, 0.25) is 0 Å². The number of ether oxygens (including phenoxy) is 1. The second-order valence-corrected chi connectivity index (χ2v) is 2.21. The molecule has 0 aromatic heterocycles. The summed E-state index contributed by atoms with van der Waals surface area (Å²) in [6.45, 7) is 1.59. The first-order valence-corrected chi connectivity index (χ1v) is 2.82. The zero-order valence-corrected chi connectivity index (χ0v) is 5.06. The highest BCUT2D eigenvalue weighted by atomic mass is 16.6. The normalized spacial score (nSPS) is 52.0. The molecule has 1 fully saturated rings. The molecule has 0 saturated carbocycles. The summed E-state index contributed by atoms with van der Waals surface area (Å²) >= 11 is 0. The van der Waals surface area contributed by atoms with Crippen LogP contribution in [-0.4, -0.2) is 39.9 Å². The van der Waals surface area contributed by atoms with E-state index in [-0.39, 0.29) is 0 Å². The zero-order valence-electron chi connectivity index (χ0n) is 5.06. The minimum Gasteiger partial charge on any atom is -0.388 e. The summed E-state index contributed by atoms with van der Waals surface area (Å²) < 4.78 is 4.64. The lowest BCUT2D eigenvalue weighted by Gasteiger charge is -2.07. The average Bonchev–Trinajstić information content (AvgIpc) is 1.98. The van der Waals surface area contributed by atoms with Gasteiger partial charge < -0.3 is 20.1 Å². The molecule has 4 nitrogen and oxygen atoms in total. The van der Waals surface area contributed by atoms with Gasteiger partial charge in [0.15, 0.2) is 6.29 Å². The van der Waals surface area contributed by atoms with Gasteiger partial charge in [-0.05, 0) is 6.92 Å². The van der Waals surface area contributed by atoms with Crippen molar-refractivity contribution in [2.45, 2.75) is 31.5 Å². The average molecular weight is 134 g/mol. The van der Waals surface area contributed by atoms with Crippen LogP contribution in [0.2, 0.25) is 0 Å².